The highest BCUT2D eigenvalue weighted by Gasteiger charge is 2.57. The van der Waals surface area contributed by atoms with E-state index in [-0.39, 0.29) is 0 Å². The lowest BCUT2D eigenvalue weighted by Gasteiger charge is -2.62. The number of nitrogens with one attached hydrogen (secondary N) is 2. The lowest BCUT2D eigenvalue weighted by atomic mass is 9.50. The zero-order valence-corrected chi connectivity index (χ0v) is 9.93. The molecule has 2 fully saturated rings. The van der Waals surface area contributed by atoms with Gasteiger partial charge < -0.3 is 10.6 Å². The van der Waals surface area contributed by atoms with Crippen LogP contribution in [0.1, 0.15) is 33.1 Å². The molecule has 2 unspecified atom stereocenters. The molecule has 2 heteroatoms. The molecule has 82 valence electrons. The molecule has 0 saturated heterocycles. The highest BCUT2D eigenvalue weighted by Crippen LogP contribution is 2.53. The van der Waals surface area contributed by atoms with Crippen LogP contribution >= 0.6 is 0 Å². The van der Waals surface area contributed by atoms with Gasteiger partial charge in [0.15, 0.2) is 0 Å². The van der Waals surface area contributed by atoms with Gasteiger partial charge in [0.2, 0.25) is 0 Å². The van der Waals surface area contributed by atoms with Crippen LogP contribution in [0.2, 0.25) is 0 Å². The van der Waals surface area contributed by atoms with E-state index in [0.29, 0.717) is 5.54 Å². The quantitative estimate of drug-likeness (QED) is 0.717. The van der Waals surface area contributed by atoms with E-state index >= 15 is 0 Å². The van der Waals surface area contributed by atoms with Gasteiger partial charge in [-0.1, -0.05) is 20.3 Å². The van der Waals surface area contributed by atoms with Crippen molar-refractivity contribution in [1.82, 2.24) is 10.6 Å². The Bertz CT molecular complexity index is 216. The van der Waals surface area contributed by atoms with Crippen molar-refractivity contribution >= 4 is 0 Å². The second-order valence-corrected chi connectivity index (χ2v) is 5.34. The number of hydrogen-bond acceptors (Lipinski definition) is 2. The third kappa shape index (κ3) is 1.17. The second-order valence-electron chi connectivity index (χ2n) is 5.34. The topological polar surface area (TPSA) is 24.1 Å². The Morgan fingerprint density at radius 2 is 1.86 bits per heavy atom. The first-order valence-electron chi connectivity index (χ1n) is 6.02. The van der Waals surface area contributed by atoms with Gasteiger partial charge in [0.05, 0.1) is 0 Å². The molecule has 0 heterocycles. The van der Waals surface area contributed by atoms with Crippen LogP contribution in [0.5, 0.6) is 0 Å². The molecule has 2 nitrogen and oxygen atoms in total. The van der Waals surface area contributed by atoms with Crippen LogP contribution in [0.4, 0.5) is 0 Å². The van der Waals surface area contributed by atoms with E-state index in [1.54, 1.807) is 0 Å². The highest BCUT2D eigenvalue weighted by atomic mass is 15.1. The molecule has 2 rings (SSSR count). The number of hydrogen-bond donors (Lipinski definition) is 2. The monoisotopic (exact) mass is 196 g/mol. The number of rotatable bonds is 3. The highest BCUT2D eigenvalue weighted by molar-refractivity contribution is 5.14. The summed E-state index contributed by atoms with van der Waals surface area (Å²) in [4.78, 5) is 0. The summed E-state index contributed by atoms with van der Waals surface area (Å²) in [7, 11) is 4.23. The van der Waals surface area contributed by atoms with Crippen LogP contribution in [0.25, 0.3) is 0 Å². The van der Waals surface area contributed by atoms with E-state index in [1.165, 1.54) is 19.3 Å². The van der Waals surface area contributed by atoms with E-state index < -0.39 is 0 Å². The maximum atomic E-state index is 3.62. The molecule has 14 heavy (non-hydrogen) atoms. The molecule has 0 radical (unpaired) electrons. The molecular formula is C12H24N2. The smallest absolute Gasteiger partial charge is 0.0264 e. The summed E-state index contributed by atoms with van der Waals surface area (Å²) in [6.07, 6.45) is 4.18. The van der Waals surface area contributed by atoms with Crippen LogP contribution < -0.4 is 10.6 Å². The molecular weight excluding hydrogens is 172 g/mol. The van der Waals surface area contributed by atoms with E-state index in [4.69, 9.17) is 0 Å². The Morgan fingerprint density at radius 3 is 2.14 bits per heavy atom. The molecule has 0 aromatic rings. The van der Waals surface area contributed by atoms with Gasteiger partial charge in [-0.05, 0) is 44.7 Å². The first kappa shape index (κ1) is 10.4. The van der Waals surface area contributed by atoms with Gasteiger partial charge in [-0.3, -0.25) is 0 Å². The minimum atomic E-state index is 0.450. The van der Waals surface area contributed by atoms with Gasteiger partial charge in [0, 0.05) is 11.6 Å². The Kier molecular flexibility index (Phi) is 2.61. The van der Waals surface area contributed by atoms with Crippen LogP contribution in [-0.4, -0.2) is 25.7 Å². The van der Waals surface area contributed by atoms with Crippen LogP contribution in [0.15, 0.2) is 0 Å². The summed E-state index contributed by atoms with van der Waals surface area (Å²) < 4.78 is 0. The molecule has 2 saturated carbocycles. The molecule has 0 aliphatic heterocycles. The third-order valence-corrected chi connectivity index (χ3v) is 5.09. The van der Waals surface area contributed by atoms with Crippen molar-refractivity contribution in [2.45, 2.75) is 44.7 Å². The van der Waals surface area contributed by atoms with Crippen LogP contribution in [-0.2, 0) is 0 Å². The SMILES string of the molecule is CN[C@H]1CC(NC)(C2CC[C@@H]2C)[C@H]1C. The maximum absolute atomic E-state index is 3.62. The molecule has 2 aliphatic carbocycles. The van der Waals surface area contributed by atoms with Gasteiger partial charge in [-0.2, -0.15) is 0 Å². The fourth-order valence-electron chi connectivity index (χ4n) is 3.71. The summed E-state index contributed by atoms with van der Waals surface area (Å²) in [6, 6.07) is 0.732. The van der Waals surface area contributed by atoms with Crippen molar-refractivity contribution < 1.29 is 0 Å². The predicted octanol–water partition coefficient (Wildman–Crippen LogP) is 1.62. The Hall–Kier alpha value is -0.0800. The average Bonchev–Trinajstić information content (AvgIpc) is 2.20. The zero-order chi connectivity index (χ0) is 10.3. The molecule has 2 N–H and O–H groups in total. The van der Waals surface area contributed by atoms with E-state index in [0.717, 1.165) is 23.8 Å². The standard InChI is InChI=1S/C12H24N2/c1-8-5-6-10(8)12(14-4)7-11(13-3)9(12)2/h8-11,13-14H,5-7H2,1-4H3/t8-,9-,10?,11-,12?/m0/s1. The van der Waals surface area contributed by atoms with E-state index in [1.807, 2.05) is 0 Å². The molecule has 0 aromatic carbocycles. The van der Waals surface area contributed by atoms with Crippen LogP contribution in [0.3, 0.4) is 0 Å². The van der Waals surface area contributed by atoms with Crippen molar-refractivity contribution in [1.29, 1.82) is 0 Å². The summed E-state index contributed by atoms with van der Waals surface area (Å²) in [6.45, 7) is 4.80. The first-order chi connectivity index (χ1) is 6.65. The lowest BCUT2D eigenvalue weighted by molar-refractivity contribution is -0.0559. The summed E-state index contributed by atoms with van der Waals surface area (Å²) in [5.41, 5.74) is 0.450. The summed E-state index contributed by atoms with van der Waals surface area (Å²) >= 11 is 0. The van der Waals surface area contributed by atoms with Gasteiger partial charge >= 0.3 is 0 Å². The second kappa shape index (κ2) is 3.49. The summed E-state index contributed by atoms with van der Waals surface area (Å²) in [5, 5.41) is 7.04. The molecule has 2 aliphatic rings. The average molecular weight is 196 g/mol. The van der Waals surface area contributed by atoms with Gasteiger partial charge in [0.1, 0.15) is 0 Å². The molecule has 0 bridgehead atoms. The predicted molar refractivity (Wildman–Crippen MR) is 60.3 cm³/mol. The molecule has 0 spiro atoms. The largest absolute Gasteiger partial charge is 0.317 e. The van der Waals surface area contributed by atoms with Crippen molar-refractivity contribution in [3.63, 3.8) is 0 Å². The fraction of sp³-hybridized carbons (Fsp3) is 1.00. The van der Waals surface area contributed by atoms with Crippen LogP contribution in [0, 0.1) is 17.8 Å². The van der Waals surface area contributed by atoms with Crippen molar-refractivity contribution in [3.8, 4) is 0 Å². The lowest BCUT2D eigenvalue weighted by Crippen LogP contribution is -2.72. The minimum absolute atomic E-state index is 0.450. The Morgan fingerprint density at radius 1 is 1.14 bits per heavy atom. The normalized spacial score (nSPS) is 52.3. The van der Waals surface area contributed by atoms with Gasteiger partial charge in [-0.15, -0.1) is 0 Å². The summed E-state index contributed by atoms with van der Waals surface area (Å²) in [5.74, 6) is 2.64. The van der Waals surface area contributed by atoms with E-state index in [9.17, 15) is 0 Å². The Labute approximate surface area is 87.8 Å². The molecule has 0 aromatic heterocycles. The van der Waals surface area contributed by atoms with Gasteiger partial charge in [-0.25, -0.2) is 0 Å². The van der Waals surface area contributed by atoms with Gasteiger partial charge in [0.25, 0.3) is 0 Å². The minimum Gasteiger partial charge on any atom is -0.317 e. The maximum Gasteiger partial charge on any atom is 0.0264 e. The van der Waals surface area contributed by atoms with E-state index in [2.05, 4.69) is 38.6 Å². The van der Waals surface area contributed by atoms with Crippen molar-refractivity contribution in [2.24, 2.45) is 17.8 Å². The third-order valence-electron chi connectivity index (χ3n) is 5.09. The first-order valence-corrected chi connectivity index (χ1v) is 6.02. The van der Waals surface area contributed by atoms with Crippen molar-refractivity contribution in [3.05, 3.63) is 0 Å². The fourth-order valence-corrected chi connectivity index (χ4v) is 3.71. The van der Waals surface area contributed by atoms with Crippen molar-refractivity contribution in [2.75, 3.05) is 14.1 Å². The Balaban J connectivity index is 2.05. The molecule has 5 atom stereocenters. The zero-order valence-electron chi connectivity index (χ0n) is 9.93. The molecule has 0 amide bonds.